The van der Waals surface area contributed by atoms with Gasteiger partial charge in [-0.15, -0.1) is 0 Å². The van der Waals surface area contributed by atoms with E-state index in [2.05, 4.69) is 12.1 Å². The first-order valence-corrected chi connectivity index (χ1v) is 7.28. The standard InChI is InChI=1S/C18H17NO4/c1-3-11-4-7-16-13(8-11)14(19-21)10-17(23-16)12-5-6-15(20)18(9-12)22-2/h4-10,20-21H,3H2,1-2H3. The zero-order valence-corrected chi connectivity index (χ0v) is 12.9. The van der Waals surface area contributed by atoms with E-state index < -0.39 is 0 Å². The molecule has 118 valence electrons. The molecule has 1 aromatic heterocycles. The molecule has 0 spiro atoms. The van der Waals surface area contributed by atoms with Gasteiger partial charge in [-0.1, -0.05) is 18.1 Å². The molecule has 0 atom stereocenters. The topological polar surface area (TPSA) is 75.2 Å². The molecule has 0 amide bonds. The van der Waals surface area contributed by atoms with Gasteiger partial charge in [0.15, 0.2) is 11.5 Å². The van der Waals surface area contributed by atoms with Crippen LogP contribution in [0, 0.1) is 0 Å². The van der Waals surface area contributed by atoms with E-state index in [1.807, 2.05) is 18.2 Å². The smallest absolute Gasteiger partial charge is 0.161 e. The lowest BCUT2D eigenvalue weighted by molar-refractivity contribution is 0.302. The Kier molecular flexibility index (Phi) is 3.93. The average Bonchev–Trinajstić information content (AvgIpc) is 2.60. The number of aryl methyl sites for hydroxylation is 1. The molecule has 0 unspecified atom stereocenters. The second-order valence-corrected chi connectivity index (χ2v) is 5.17. The minimum absolute atomic E-state index is 0.0525. The van der Waals surface area contributed by atoms with E-state index in [0.717, 1.165) is 17.4 Å². The van der Waals surface area contributed by atoms with Crippen LogP contribution in [0.15, 0.2) is 52.0 Å². The second-order valence-electron chi connectivity index (χ2n) is 5.17. The van der Waals surface area contributed by atoms with Gasteiger partial charge < -0.3 is 19.5 Å². The zero-order valence-electron chi connectivity index (χ0n) is 12.9. The Labute approximate surface area is 133 Å². The van der Waals surface area contributed by atoms with Gasteiger partial charge in [0.25, 0.3) is 0 Å². The maximum atomic E-state index is 9.70. The van der Waals surface area contributed by atoms with Crippen molar-refractivity contribution < 1.29 is 19.5 Å². The summed E-state index contributed by atoms with van der Waals surface area (Å²) in [6.45, 7) is 2.06. The molecule has 23 heavy (non-hydrogen) atoms. The predicted molar refractivity (Wildman–Crippen MR) is 86.6 cm³/mol. The summed E-state index contributed by atoms with van der Waals surface area (Å²) in [5.41, 5.74) is 2.47. The van der Waals surface area contributed by atoms with Crippen LogP contribution in [0.5, 0.6) is 11.5 Å². The number of hydrogen-bond acceptors (Lipinski definition) is 5. The van der Waals surface area contributed by atoms with Crippen LogP contribution in [-0.2, 0) is 6.42 Å². The van der Waals surface area contributed by atoms with Gasteiger partial charge in [0.1, 0.15) is 16.7 Å². The fraction of sp³-hybridized carbons (Fsp3) is 0.167. The number of benzene rings is 2. The van der Waals surface area contributed by atoms with Crippen molar-refractivity contribution >= 4 is 11.0 Å². The van der Waals surface area contributed by atoms with Crippen LogP contribution in [-0.4, -0.2) is 17.4 Å². The van der Waals surface area contributed by atoms with Crippen molar-refractivity contribution in [2.45, 2.75) is 13.3 Å². The van der Waals surface area contributed by atoms with Gasteiger partial charge >= 0.3 is 0 Å². The first-order chi connectivity index (χ1) is 11.2. The van der Waals surface area contributed by atoms with Crippen LogP contribution in [0.25, 0.3) is 22.3 Å². The molecule has 0 aliphatic rings. The van der Waals surface area contributed by atoms with E-state index in [-0.39, 0.29) is 5.75 Å². The Hall–Kier alpha value is -2.95. The number of rotatable bonds is 3. The highest BCUT2D eigenvalue weighted by Crippen LogP contribution is 2.32. The molecule has 0 fully saturated rings. The lowest BCUT2D eigenvalue weighted by atomic mass is 10.1. The number of hydrogen-bond donors (Lipinski definition) is 2. The molecule has 3 aromatic rings. The van der Waals surface area contributed by atoms with Crippen molar-refractivity contribution in [1.82, 2.24) is 0 Å². The normalized spacial score (nSPS) is 11.8. The van der Waals surface area contributed by atoms with Gasteiger partial charge in [0.2, 0.25) is 0 Å². The van der Waals surface area contributed by atoms with E-state index in [0.29, 0.717) is 28.0 Å². The van der Waals surface area contributed by atoms with E-state index in [1.54, 1.807) is 18.2 Å². The maximum Gasteiger partial charge on any atom is 0.161 e. The van der Waals surface area contributed by atoms with Gasteiger partial charge in [0.05, 0.1) is 7.11 Å². The fourth-order valence-corrected chi connectivity index (χ4v) is 2.49. The van der Waals surface area contributed by atoms with E-state index in [9.17, 15) is 10.3 Å². The molecule has 5 nitrogen and oxygen atoms in total. The predicted octanol–water partition coefficient (Wildman–Crippen LogP) is 3.67. The monoisotopic (exact) mass is 311 g/mol. The third-order valence-corrected chi connectivity index (χ3v) is 3.79. The highest BCUT2D eigenvalue weighted by molar-refractivity contribution is 5.79. The first kappa shape index (κ1) is 15.0. The van der Waals surface area contributed by atoms with Gasteiger partial charge in [-0.25, -0.2) is 0 Å². The molecule has 5 heteroatoms. The van der Waals surface area contributed by atoms with Crippen LogP contribution in [0.4, 0.5) is 0 Å². The SMILES string of the molecule is CCc1ccc2oc(-c3ccc(O)c(OC)c3)cc(=NO)c2c1. The Morgan fingerprint density at radius 1 is 1.13 bits per heavy atom. The van der Waals surface area contributed by atoms with Crippen LogP contribution in [0.3, 0.4) is 0 Å². The van der Waals surface area contributed by atoms with Crippen molar-refractivity contribution in [3.05, 3.63) is 53.4 Å². The lowest BCUT2D eigenvalue weighted by Crippen LogP contribution is -2.04. The summed E-state index contributed by atoms with van der Waals surface area (Å²) >= 11 is 0. The lowest BCUT2D eigenvalue weighted by Gasteiger charge is -2.08. The number of phenolic OH excluding ortho intramolecular Hbond substituents is 1. The Morgan fingerprint density at radius 2 is 1.96 bits per heavy atom. The number of ether oxygens (including phenoxy) is 1. The molecule has 0 aliphatic heterocycles. The fourth-order valence-electron chi connectivity index (χ4n) is 2.49. The molecule has 3 rings (SSSR count). The van der Waals surface area contributed by atoms with E-state index in [4.69, 9.17) is 9.15 Å². The van der Waals surface area contributed by atoms with Crippen molar-refractivity contribution in [2.75, 3.05) is 7.11 Å². The molecule has 0 aliphatic carbocycles. The maximum absolute atomic E-state index is 9.70. The van der Waals surface area contributed by atoms with Crippen molar-refractivity contribution in [3.63, 3.8) is 0 Å². The van der Waals surface area contributed by atoms with Crippen molar-refractivity contribution in [3.8, 4) is 22.8 Å². The van der Waals surface area contributed by atoms with E-state index in [1.165, 1.54) is 13.2 Å². The minimum Gasteiger partial charge on any atom is -0.504 e. The van der Waals surface area contributed by atoms with Gasteiger partial charge in [-0.05, 0) is 42.3 Å². The summed E-state index contributed by atoms with van der Waals surface area (Å²) < 4.78 is 11.0. The van der Waals surface area contributed by atoms with Crippen molar-refractivity contribution in [1.29, 1.82) is 0 Å². The largest absolute Gasteiger partial charge is 0.504 e. The Bertz CT molecular complexity index is 928. The van der Waals surface area contributed by atoms with Gasteiger partial charge in [-0.2, -0.15) is 0 Å². The third-order valence-electron chi connectivity index (χ3n) is 3.79. The molecule has 0 saturated heterocycles. The molecule has 0 bridgehead atoms. The molecule has 1 heterocycles. The van der Waals surface area contributed by atoms with Crippen molar-refractivity contribution in [2.24, 2.45) is 5.16 Å². The summed E-state index contributed by atoms with van der Waals surface area (Å²) in [6, 6.07) is 12.4. The first-order valence-electron chi connectivity index (χ1n) is 7.28. The van der Waals surface area contributed by atoms with Crippen LogP contribution in [0.1, 0.15) is 12.5 Å². The summed E-state index contributed by atoms with van der Waals surface area (Å²) in [4.78, 5) is 0. The molecular formula is C18H17NO4. The second kappa shape index (κ2) is 6.04. The van der Waals surface area contributed by atoms with Crippen LogP contribution >= 0.6 is 0 Å². The molecule has 0 saturated carbocycles. The highest BCUT2D eigenvalue weighted by Gasteiger charge is 2.10. The molecule has 0 radical (unpaired) electrons. The molecule has 2 aromatic carbocycles. The number of nitrogens with zero attached hydrogens (tertiary/aromatic N) is 1. The summed E-state index contributed by atoms with van der Waals surface area (Å²) in [5, 5.41) is 23.6. The van der Waals surface area contributed by atoms with Gasteiger partial charge in [-0.3, -0.25) is 0 Å². The number of methoxy groups -OCH3 is 1. The summed E-state index contributed by atoms with van der Waals surface area (Å²) in [5.74, 6) is 0.922. The molecule has 2 N–H and O–H groups in total. The third kappa shape index (κ3) is 2.73. The average molecular weight is 311 g/mol. The zero-order chi connectivity index (χ0) is 16.4. The highest BCUT2D eigenvalue weighted by atomic mass is 16.5. The number of phenols is 1. The minimum atomic E-state index is 0.0525. The number of aromatic hydroxyl groups is 1. The Balaban J connectivity index is 2.23. The number of fused-ring (bicyclic) bond motifs is 1. The summed E-state index contributed by atoms with van der Waals surface area (Å²) in [6.07, 6.45) is 0.887. The summed E-state index contributed by atoms with van der Waals surface area (Å²) in [7, 11) is 1.48. The molecular weight excluding hydrogens is 294 g/mol. The Morgan fingerprint density at radius 3 is 2.65 bits per heavy atom. The van der Waals surface area contributed by atoms with Crippen LogP contribution in [0.2, 0.25) is 0 Å². The van der Waals surface area contributed by atoms with E-state index >= 15 is 0 Å². The quantitative estimate of drug-likeness (QED) is 0.571. The van der Waals surface area contributed by atoms with Gasteiger partial charge in [0, 0.05) is 17.0 Å². The van der Waals surface area contributed by atoms with Crippen LogP contribution < -0.4 is 10.1 Å².